The van der Waals surface area contributed by atoms with E-state index < -0.39 is 0 Å². The average molecular weight is 382 g/mol. The minimum absolute atomic E-state index is 0.0267. The van der Waals surface area contributed by atoms with E-state index in [0.717, 1.165) is 22.2 Å². The number of hydrogen-bond acceptors (Lipinski definition) is 6. The Morgan fingerprint density at radius 1 is 1.37 bits per heavy atom. The second kappa shape index (κ2) is 7.62. The molecule has 0 radical (unpaired) electrons. The number of rotatable bonds is 6. The van der Waals surface area contributed by atoms with Crippen LogP contribution in [0.5, 0.6) is 0 Å². The number of aryl methyl sites for hydroxylation is 1. The molecule has 1 aliphatic carbocycles. The largest absolute Gasteiger partial charge is 0.393 e. The van der Waals surface area contributed by atoms with Crippen LogP contribution in [-0.2, 0) is 11.2 Å². The van der Waals surface area contributed by atoms with Crippen molar-refractivity contribution >= 4 is 33.3 Å². The van der Waals surface area contributed by atoms with E-state index in [1.807, 2.05) is 35.8 Å². The number of nitrogens with one attached hydrogen (secondary N) is 1. The molecule has 0 bridgehead atoms. The number of aliphatic hydroxyl groups excluding tert-OH is 1. The lowest BCUT2D eigenvalue weighted by Crippen LogP contribution is -2.41. The van der Waals surface area contributed by atoms with Crippen LogP contribution >= 0.6 is 11.3 Å². The van der Waals surface area contributed by atoms with Gasteiger partial charge in [0, 0.05) is 23.4 Å². The molecule has 1 aliphatic rings. The Hall–Kier alpha value is -2.51. The number of aromatic nitrogens is 2. The summed E-state index contributed by atoms with van der Waals surface area (Å²) in [6.45, 7) is 0. The summed E-state index contributed by atoms with van der Waals surface area (Å²) >= 11 is 1.38. The Labute approximate surface area is 161 Å². The molecule has 4 N–H and O–H groups in total. The van der Waals surface area contributed by atoms with Crippen molar-refractivity contribution in [3.8, 4) is 0 Å². The lowest BCUT2D eigenvalue weighted by atomic mass is 9.75. The molecule has 1 aromatic carbocycles. The second-order valence-corrected chi connectivity index (χ2v) is 7.96. The van der Waals surface area contributed by atoms with E-state index in [4.69, 9.17) is 5.73 Å². The third kappa shape index (κ3) is 4.09. The van der Waals surface area contributed by atoms with Crippen LogP contribution in [-0.4, -0.2) is 27.1 Å². The van der Waals surface area contributed by atoms with Crippen LogP contribution in [0.2, 0.25) is 0 Å². The highest BCUT2D eigenvalue weighted by atomic mass is 32.1. The minimum Gasteiger partial charge on any atom is -0.393 e. The van der Waals surface area contributed by atoms with Gasteiger partial charge >= 0.3 is 0 Å². The first-order chi connectivity index (χ1) is 13.1. The van der Waals surface area contributed by atoms with E-state index >= 15 is 0 Å². The van der Waals surface area contributed by atoms with E-state index in [2.05, 4.69) is 21.4 Å². The van der Waals surface area contributed by atoms with Crippen LogP contribution in [0.15, 0.2) is 41.9 Å². The number of para-hydroxylation sites is 1. The van der Waals surface area contributed by atoms with E-state index in [1.54, 1.807) is 0 Å². The number of fused-ring (bicyclic) bond motifs is 1. The molecule has 7 heteroatoms. The quantitative estimate of drug-likeness (QED) is 0.608. The zero-order chi connectivity index (χ0) is 18.8. The fourth-order valence-electron chi connectivity index (χ4n) is 3.56. The first-order valence-electron chi connectivity index (χ1n) is 9.10. The first-order valence-corrected chi connectivity index (χ1v) is 9.98. The van der Waals surface area contributed by atoms with Crippen LogP contribution in [0.3, 0.4) is 0 Å². The maximum Gasteiger partial charge on any atom is 0.220 e. The van der Waals surface area contributed by atoms with Gasteiger partial charge in [0.05, 0.1) is 23.4 Å². The van der Waals surface area contributed by atoms with Crippen molar-refractivity contribution in [1.82, 2.24) is 15.3 Å². The third-order valence-corrected chi connectivity index (χ3v) is 5.81. The number of thiazole rings is 1. The number of nitrogens with two attached hydrogens (primary N) is 1. The number of amides is 1. The van der Waals surface area contributed by atoms with Gasteiger partial charge in [0.1, 0.15) is 0 Å². The molecule has 2 heterocycles. The van der Waals surface area contributed by atoms with Gasteiger partial charge in [0.15, 0.2) is 5.13 Å². The molecule has 6 nitrogen and oxygen atoms in total. The SMILES string of the molecule is Nc1nc(CCC(=O)N[C@@H](c2cnc3ccccc3c2)C2CC(O)C2)cs1. The van der Waals surface area contributed by atoms with Gasteiger partial charge in [0.25, 0.3) is 0 Å². The van der Waals surface area contributed by atoms with Crippen molar-refractivity contribution in [2.75, 3.05) is 5.73 Å². The fourth-order valence-corrected chi connectivity index (χ4v) is 4.16. The highest BCUT2D eigenvalue weighted by Gasteiger charge is 2.35. The Balaban J connectivity index is 1.49. The fraction of sp³-hybridized carbons (Fsp3) is 0.350. The molecule has 2 aromatic heterocycles. The summed E-state index contributed by atoms with van der Waals surface area (Å²) < 4.78 is 0. The molecule has 4 rings (SSSR count). The number of nitrogen functional groups attached to an aromatic ring is 1. The number of nitrogens with zero attached hydrogens (tertiary/aromatic N) is 2. The topological polar surface area (TPSA) is 101 Å². The Bertz CT molecular complexity index is 952. The van der Waals surface area contributed by atoms with E-state index in [0.29, 0.717) is 30.8 Å². The van der Waals surface area contributed by atoms with Gasteiger partial charge in [-0.05, 0) is 42.9 Å². The molecule has 0 spiro atoms. The van der Waals surface area contributed by atoms with Gasteiger partial charge in [-0.2, -0.15) is 0 Å². The Kier molecular flexibility index (Phi) is 5.05. The predicted octanol–water partition coefficient (Wildman–Crippen LogP) is 2.83. The van der Waals surface area contributed by atoms with Crippen molar-refractivity contribution in [3.63, 3.8) is 0 Å². The number of hydrogen-bond donors (Lipinski definition) is 3. The predicted molar refractivity (Wildman–Crippen MR) is 106 cm³/mol. The molecule has 3 aromatic rings. The lowest BCUT2D eigenvalue weighted by Gasteiger charge is -2.38. The summed E-state index contributed by atoms with van der Waals surface area (Å²) in [5.41, 5.74) is 8.40. The van der Waals surface area contributed by atoms with Crippen molar-refractivity contribution in [2.45, 2.75) is 37.8 Å². The highest BCUT2D eigenvalue weighted by Crippen LogP contribution is 2.38. The summed E-state index contributed by atoms with van der Waals surface area (Å²) in [6.07, 6.45) is 3.87. The standard InChI is InChI=1S/C20H22N4O2S/c21-20-23-15(11-27-20)5-6-18(26)24-19(13-8-16(25)9-13)14-7-12-3-1-2-4-17(12)22-10-14/h1-4,7,10-11,13,16,19,25H,5-6,8-9H2,(H2,21,23)(H,24,26)/t13?,16?,19-/m1/s1. The second-order valence-electron chi connectivity index (χ2n) is 7.07. The molecule has 0 aliphatic heterocycles. The van der Waals surface area contributed by atoms with E-state index in [1.165, 1.54) is 11.3 Å². The maximum absolute atomic E-state index is 12.5. The van der Waals surface area contributed by atoms with Crippen molar-refractivity contribution < 1.29 is 9.90 Å². The zero-order valence-electron chi connectivity index (χ0n) is 14.8. The molecular formula is C20H22N4O2S. The Morgan fingerprint density at radius 2 is 2.19 bits per heavy atom. The van der Waals surface area contributed by atoms with Crippen molar-refractivity contribution in [1.29, 1.82) is 0 Å². The molecule has 1 amide bonds. The van der Waals surface area contributed by atoms with Crippen LogP contribution in [0.4, 0.5) is 5.13 Å². The third-order valence-electron chi connectivity index (χ3n) is 5.09. The zero-order valence-corrected chi connectivity index (χ0v) is 15.7. The summed E-state index contributed by atoms with van der Waals surface area (Å²) in [6, 6.07) is 9.87. The number of benzene rings is 1. The van der Waals surface area contributed by atoms with Gasteiger partial charge in [-0.1, -0.05) is 18.2 Å². The number of carbonyl (C=O) groups is 1. The molecule has 1 fully saturated rings. The van der Waals surface area contributed by atoms with Gasteiger partial charge in [-0.15, -0.1) is 11.3 Å². The molecular weight excluding hydrogens is 360 g/mol. The molecule has 0 unspecified atom stereocenters. The number of carbonyl (C=O) groups excluding carboxylic acids is 1. The summed E-state index contributed by atoms with van der Waals surface area (Å²) in [7, 11) is 0. The average Bonchev–Trinajstić information content (AvgIpc) is 3.07. The monoisotopic (exact) mass is 382 g/mol. The van der Waals surface area contributed by atoms with E-state index in [9.17, 15) is 9.90 Å². The van der Waals surface area contributed by atoms with Crippen LogP contribution in [0, 0.1) is 5.92 Å². The van der Waals surface area contributed by atoms with E-state index in [-0.39, 0.29) is 24.0 Å². The van der Waals surface area contributed by atoms with Gasteiger partial charge in [-0.3, -0.25) is 9.78 Å². The molecule has 1 saturated carbocycles. The summed E-state index contributed by atoms with van der Waals surface area (Å²) in [5.74, 6) is 0.197. The maximum atomic E-state index is 12.5. The minimum atomic E-state index is -0.277. The number of pyridine rings is 1. The summed E-state index contributed by atoms with van der Waals surface area (Å²) in [4.78, 5) is 21.3. The molecule has 1 atom stereocenters. The highest BCUT2D eigenvalue weighted by molar-refractivity contribution is 7.13. The normalized spacial score (nSPS) is 20.2. The van der Waals surface area contributed by atoms with Crippen LogP contribution < -0.4 is 11.1 Å². The molecule has 27 heavy (non-hydrogen) atoms. The summed E-state index contributed by atoms with van der Waals surface area (Å²) in [5, 5.41) is 16.3. The molecule has 140 valence electrons. The van der Waals surface area contributed by atoms with Crippen LogP contribution in [0.1, 0.15) is 36.6 Å². The number of aliphatic hydroxyl groups is 1. The van der Waals surface area contributed by atoms with Gasteiger partial charge < -0.3 is 16.2 Å². The van der Waals surface area contributed by atoms with Crippen molar-refractivity contribution in [2.24, 2.45) is 5.92 Å². The van der Waals surface area contributed by atoms with Gasteiger partial charge in [-0.25, -0.2) is 4.98 Å². The van der Waals surface area contributed by atoms with Crippen LogP contribution in [0.25, 0.3) is 10.9 Å². The van der Waals surface area contributed by atoms with Crippen molar-refractivity contribution in [3.05, 3.63) is 53.2 Å². The smallest absolute Gasteiger partial charge is 0.220 e. The number of anilines is 1. The Morgan fingerprint density at radius 3 is 2.93 bits per heavy atom. The lowest BCUT2D eigenvalue weighted by molar-refractivity contribution is -0.123. The van der Waals surface area contributed by atoms with Gasteiger partial charge in [0.2, 0.25) is 5.91 Å². The molecule has 0 saturated heterocycles. The first kappa shape index (κ1) is 17.9.